The van der Waals surface area contributed by atoms with Crippen molar-refractivity contribution in [1.29, 1.82) is 0 Å². The summed E-state index contributed by atoms with van der Waals surface area (Å²) in [6, 6.07) is -1.01. The summed E-state index contributed by atoms with van der Waals surface area (Å²) in [6.07, 6.45) is 68.0. The lowest BCUT2D eigenvalue weighted by molar-refractivity contribution is -0.379. The fourth-order valence-corrected chi connectivity index (χ4v) is 13.9. The third-order valence-electron chi connectivity index (χ3n) is 20.8. The molecule has 3 fully saturated rings. The number of unbranched alkanes of at least 4 members (excludes halogenated alkanes) is 36. The van der Waals surface area contributed by atoms with Crippen molar-refractivity contribution in [1.82, 2.24) is 5.32 Å². The van der Waals surface area contributed by atoms with Crippen LogP contribution in [0.15, 0.2) is 109 Å². The number of carbonyl (C=O) groups excluding carboxylic acids is 1. The molecule has 12 N–H and O–H groups in total. The second-order valence-electron chi connectivity index (χ2n) is 30.2. The summed E-state index contributed by atoms with van der Waals surface area (Å²) in [7, 11) is 0. The van der Waals surface area contributed by atoms with E-state index in [2.05, 4.69) is 116 Å². The standard InChI is InChI=1S/C89H155NO18/c1-3-5-7-9-11-13-15-17-19-21-23-25-27-29-31-33-35-37-38-40-42-44-46-48-50-52-54-56-58-60-62-64-66-73(94)72(90-77(95)67-65-63-61-59-57-55-53-51-49-47-45-43-41-39-36-34-32-30-28-26-24-22-20-18-16-14-12-10-8-6-4-2)71-103-87-83(101)80(98)85(75(69-92)105-87)108-89-84(102)81(99)86(76(70-93)106-89)107-88-82(100)79(97)78(96)74(68-91)104-88/h6,8,12,14,18,20,24,26,30,32,36,39,48,50,56,58,64,66,72-76,78-89,91-94,96-102H,3-5,7,9-11,13,15-17,19,21-23,25,27-29,31,33-35,37-38,40-47,49,51-55,57,59-63,65,67-71H2,1-2H3,(H,90,95)/b8-6-,14-12-,20-18-,26-24-,32-30-,39-36-,50-48+,58-56+,66-64+. The van der Waals surface area contributed by atoms with E-state index in [0.717, 1.165) is 96.3 Å². The van der Waals surface area contributed by atoms with Crippen LogP contribution in [0.2, 0.25) is 0 Å². The summed E-state index contributed by atoms with van der Waals surface area (Å²) in [6.45, 7) is 1.62. The van der Waals surface area contributed by atoms with E-state index in [-0.39, 0.29) is 18.9 Å². The molecule has 0 saturated carbocycles. The van der Waals surface area contributed by atoms with Gasteiger partial charge in [-0.25, -0.2) is 0 Å². The van der Waals surface area contributed by atoms with Gasteiger partial charge in [0.15, 0.2) is 18.9 Å². The van der Waals surface area contributed by atoms with E-state index in [1.165, 1.54) is 186 Å². The molecule has 0 spiro atoms. The second-order valence-corrected chi connectivity index (χ2v) is 30.2. The number of allylic oxidation sites excluding steroid dienone is 17. The Labute approximate surface area is 653 Å². The average Bonchev–Trinajstić information content (AvgIpc) is 0.779. The maximum Gasteiger partial charge on any atom is 0.220 e. The van der Waals surface area contributed by atoms with Crippen molar-refractivity contribution in [3.63, 3.8) is 0 Å². The Morgan fingerprint density at radius 3 is 1.04 bits per heavy atom. The lowest BCUT2D eigenvalue weighted by Crippen LogP contribution is -2.66. The molecule has 3 aliphatic rings. The van der Waals surface area contributed by atoms with Gasteiger partial charge < -0.3 is 89.9 Å². The van der Waals surface area contributed by atoms with Gasteiger partial charge in [0, 0.05) is 6.42 Å². The van der Waals surface area contributed by atoms with Gasteiger partial charge >= 0.3 is 0 Å². The Bertz CT molecular complexity index is 2380. The number of carbonyl (C=O) groups is 1. The lowest BCUT2D eigenvalue weighted by Gasteiger charge is -2.48. The van der Waals surface area contributed by atoms with Crippen molar-refractivity contribution in [3.05, 3.63) is 109 Å². The van der Waals surface area contributed by atoms with E-state index in [1.54, 1.807) is 6.08 Å². The van der Waals surface area contributed by atoms with Crippen molar-refractivity contribution in [2.45, 2.75) is 420 Å². The lowest BCUT2D eigenvalue weighted by atomic mass is 9.96. The smallest absolute Gasteiger partial charge is 0.220 e. The molecule has 3 aliphatic heterocycles. The number of amides is 1. The first-order valence-corrected chi connectivity index (χ1v) is 43.1. The predicted octanol–water partition coefficient (Wildman–Crippen LogP) is 15.7. The van der Waals surface area contributed by atoms with Crippen LogP contribution in [0.3, 0.4) is 0 Å². The fourth-order valence-electron chi connectivity index (χ4n) is 13.9. The number of aliphatic hydroxyl groups is 11. The zero-order valence-corrected chi connectivity index (χ0v) is 67.0. The molecule has 3 rings (SSSR count). The highest BCUT2D eigenvalue weighted by Gasteiger charge is 2.54. The number of rotatable bonds is 68. The molecular formula is C89H155NO18. The van der Waals surface area contributed by atoms with Crippen molar-refractivity contribution < 1.29 is 89.4 Å². The number of ether oxygens (including phenoxy) is 6. The minimum Gasteiger partial charge on any atom is -0.394 e. The van der Waals surface area contributed by atoms with Gasteiger partial charge in [-0.05, 0) is 96.3 Å². The fraction of sp³-hybridized carbons (Fsp3) is 0.787. The molecule has 0 radical (unpaired) electrons. The molecular weight excluding hydrogens is 1370 g/mol. The van der Waals surface area contributed by atoms with Gasteiger partial charge in [0.1, 0.15) is 73.2 Å². The molecule has 17 atom stereocenters. The topological polar surface area (TPSA) is 307 Å². The molecule has 19 nitrogen and oxygen atoms in total. The van der Waals surface area contributed by atoms with Crippen LogP contribution in [0.1, 0.15) is 316 Å². The van der Waals surface area contributed by atoms with Crippen LogP contribution in [-0.4, -0.2) is 193 Å². The number of aliphatic hydroxyl groups excluding tert-OH is 11. The molecule has 0 aromatic heterocycles. The monoisotopic (exact) mass is 1530 g/mol. The third-order valence-corrected chi connectivity index (χ3v) is 20.8. The van der Waals surface area contributed by atoms with E-state index in [4.69, 9.17) is 28.4 Å². The Morgan fingerprint density at radius 2 is 0.648 bits per heavy atom. The Kier molecular flexibility index (Phi) is 62.0. The average molecular weight is 1530 g/mol. The third kappa shape index (κ3) is 46.6. The number of hydrogen-bond acceptors (Lipinski definition) is 18. The molecule has 17 unspecified atom stereocenters. The molecule has 624 valence electrons. The molecule has 1 amide bonds. The van der Waals surface area contributed by atoms with Crippen LogP contribution >= 0.6 is 0 Å². The summed E-state index contributed by atoms with van der Waals surface area (Å²) in [5.74, 6) is -0.293. The van der Waals surface area contributed by atoms with E-state index in [1.807, 2.05) is 6.08 Å². The van der Waals surface area contributed by atoms with Gasteiger partial charge in [0.05, 0.1) is 38.6 Å². The first-order chi connectivity index (χ1) is 52.8. The Balaban J connectivity index is 1.37. The summed E-state index contributed by atoms with van der Waals surface area (Å²) in [5, 5.41) is 121. The van der Waals surface area contributed by atoms with Crippen LogP contribution in [0, 0.1) is 0 Å². The second kappa shape index (κ2) is 67.9. The van der Waals surface area contributed by atoms with Gasteiger partial charge in [-0.3, -0.25) is 4.79 Å². The SMILES string of the molecule is CC/C=C\C/C=C\C/C=C\C/C=C\C/C=C\C/C=C\CCCCCCCCCCCCCCC(=O)NC(COC1OC(CO)C(OC2OC(CO)C(OC3OC(CO)C(O)C(O)C3O)C(O)C2O)C(O)C1O)C(O)/C=C/CC/C=C/CC/C=C/CCCCCCCCCCCCCCCCCCCCCCCC. The molecule has 0 aromatic rings. The zero-order chi connectivity index (χ0) is 78.1. The Hall–Kier alpha value is -3.55. The number of hydrogen-bond donors (Lipinski definition) is 12. The van der Waals surface area contributed by atoms with Crippen molar-refractivity contribution in [2.75, 3.05) is 26.4 Å². The molecule has 0 aliphatic carbocycles. The van der Waals surface area contributed by atoms with Crippen LogP contribution in [-0.2, 0) is 33.2 Å². The van der Waals surface area contributed by atoms with Gasteiger partial charge in [-0.15, -0.1) is 0 Å². The molecule has 108 heavy (non-hydrogen) atoms. The minimum absolute atomic E-state index is 0.223. The van der Waals surface area contributed by atoms with Crippen LogP contribution in [0.5, 0.6) is 0 Å². The minimum atomic E-state index is -1.99. The van der Waals surface area contributed by atoms with Crippen molar-refractivity contribution >= 4 is 5.91 Å². The van der Waals surface area contributed by atoms with Crippen molar-refractivity contribution in [2.24, 2.45) is 0 Å². The molecule has 3 saturated heterocycles. The first kappa shape index (κ1) is 98.6. The summed E-state index contributed by atoms with van der Waals surface area (Å²) >= 11 is 0. The highest BCUT2D eigenvalue weighted by atomic mass is 16.8. The quantitative estimate of drug-likeness (QED) is 0.0199. The van der Waals surface area contributed by atoms with Gasteiger partial charge in [0.25, 0.3) is 0 Å². The number of nitrogens with one attached hydrogen (secondary N) is 1. The maximum atomic E-state index is 13.5. The van der Waals surface area contributed by atoms with Crippen LogP contribution in [0.25, 0.3) is 0 Å². The van der Waals surface area contributed by atoms with E-state index in [0.29, 0.717) is 12.8 Å². The van der Waals surface area contributed by atoms with Gasteiger partial charge in [-0.2, -0.15) is 0 Å². The maximum absolute atomic E-state index is 13.5. The highest BCUT2D eigenvalue weighted by molar-refractivity contribution is 5.76. The largest absolute Gasteiger partial charge is 0.394 e. The first-order valence-electron chi connectivity index (χ1n) is 43.1. The van der Waals surface area contributed by atoms with Gasteiger partial charge in [0.2, 0.25) is 5.91 Å². The van der Waals surface area contributed by atoms with Crippen LogP contribution in [0.4, 0.5) is 0 Å². The van der Waals surface area contributed by atoms with Crippen molar-refractivity contribution in [3.8, 4) is 0 Å². The molecule has 19 heteroatoms. The molecule has 0 bridgehead atoms. The summed E-state index contributed by atoms with van der Waals surface area (Å²) < 4.78 is 34.5. The summed E-state index contributed by atoms with van der Waals surface area (Å²) in [4.78, 5) is 13.5. The zero-order valence-electron chi connectivity index (χ0n) is 67.0. The van der Waals surface area contributed by atoms with E-state index in [9.17, 15) is 61.0 Å². The molecule has 3 heterocycles. The van der Waals surface area contributed by atoms with E-state index >= 15 is 0 Å². The van der Waals surface area contributed by atoms with Gasteiger partial charge in [-0.1, -0.05) is 322 Å². The summed E-state index contributed by atoms with van der Waals surface area (Å²) in [5.41, 5.74) is 0. The molecule has 0 aromatic carbocycles. The highest BCUT2D eigenvalue weighted by Crippen LogP contribution is 2.33. The predicted molar refractivity (Wildman–Crippen MR) is 434 cm³/mol. The normalized spacial score (nSPS) is 26.0. The van der Waals surface area contributed by atoms with Crippen LogP contribution < -0.4 is 5.32 Å². The van der Waals surface area contributed by atoms with E-state index < -0.39 is 124 Å². The Morgan fingerprint density at radius 1 is 0.343 bits per heavy atom.